The average molecular weight is 306 g/mol. The molecule has 3 nitrogen and oxygen atoms in total. The summed E-state index contributed by atoms with van der Waals surface area (Å²) in [5.74, 6) is 0.0606. The Morgan fingerprint density at radius 1 is 1.19 bits per heavy atom. The predicted molar refractivity (Wildman–Crippen MR) is 91.6 cm³/mol. The number of anilines is 1. The van der Waals surface area contributed by atoms with Gasteiger partial charge >= 0.3 is 0 Å². The maximum Gasteiger partial charge on any atom is 0.241 e. The third-order valence-electron chi connectivity index (χ3n) is 3.71. The van der Waals surface area contributed by atoms with Gasteiger partial charge in [-0.05, 0) is 43.4 Å². The van der Waals surface area contributed by atoms with Crippen LogP contribution >= 0.6 is 11.9 Å². The summed E-state index contributed by atoms with van der Waals surface area (Å²) in [6.45, 7) is 12.7. The maximum absolute atomic E-state index is 12.5. The molecule has 1 aliphatic heterocycles. The van der Waals surface area contributed by atoms with Crippen molar-refractivity contribution < 1.29 is 4.79 Å². The fourth-order valence-corrected chi connectivity index (χ4v) is 3.31. The molecule has 1 aromatic carbocycles. The maximum atomic E-state index is 12.5. The largest absolute Gasteiger partial charge is 0.325 e. The Kier molecular flexibility index (Phi) is 4.69. The van der Waals surface area contributed by atoms with Crippen LogP contribution in [0.1, 0.15) is 46.6 Å². The summed E-state index contributed by atoms with van der Waals surface area (Å²) in [6, 6.07) is 8.14. The molecule has 1 heterocycles. The van der Waals surface area contributed by atoms with Crippen molar-refractivity contribution in [2.45, 2.75) is 51.2 Å². The minimum atomic E-state index is -0.446. The van der Waals surface area contributed by atoms with E-state index in [1.165, 1.54) is 12.0 Å². The van der Waals surface area contributed by atoms with E-state index in [0.29, 0.717) is 0 Å². The van der Waals surface area contributed by atoms with Crippen LogP contribution < -0.4 is 5.32 Å². The average Bonchev–Trinajstić information content (AvgIpc) is 2.33. The van der Waals surface area contributed by atoms with Gasteiger partial charge in [0.15, 0.2) is 0 Å². The number of carbonyl (C=O) groups excluding carboxylic acids is 1. The smallest absolute Gasteiger partial charge is 0.241 e. The molecule has 1 aliphatic rings. The Morgan fingerprint density at radius 2 is 1.86 bits per heavy atom. The summed E-state index contributed by atoms with van der Waals surface area (Å²) in [4.78, 5) is 12.5. The van der Waals surface area contributed by atoms with Crippen molar-refractivity contribution in [2.24, 2.45) is 0 Å². The van der Waals surface area contributed by atoms with E-state index in [2.05, 4.69) is 42.5 Å². The Morgan fingerprint density at radius 3 is 2.38 bits per heavy atom. The van der Waals surface area contributed by atoms with E-state index in [9.17, 15) is 4.79 Å². The summed E-state index contributed by atoms with van der Waals surface area (Å²) >= 11 is 1.65. The number of amides is 1. The van der Waals surface area contributed by atoms with Crippen LogP contribution in [0.3, 0.4) is 0 Å². The molecule has 116 valence electrons. The van der Waals surface area contributed by atoms with E-state index in [-0.39, 0.29) is 11.3 Å². The molecule has 1 saturated heterocycles. The van der Waals surface area contributed by atoms with Gasteiger partial charge < -0.3 is 5.32 Å². The van der Waals surface area contributed by atoms with Gasteiger partial charge in [-0.2, -0.15) is 0 Å². The van der Waals surface area contributed by atoms with Gasteiger partial charge in [-0.1, -0.05) is 44.9 Å². The third-order valence-corrected chi connectivity index (χ3v) is 4.97. The van der Waals surface area contributed by atoms with E-state index >= 15 is 0 Å². The summed E-state index contributed by atoms with van der Waals surface area (Å²) in [5, 5.41) is 3.06. The van der Waals surface area contributed by atoms with Gasteiger partial charge in [0.2, 0.25) is 5.91 Å². The molecule has 0 unspecified atom stereocenters. The highest BCUT2D eigenvalue weighted by atomic mass is 32.2. The van der Waals surface area contributed by atoms with Crippen molar-refractivity contribution in [1.29, 1.82) is 0 Å². The Labute approximate surface area is 132 Å². The standard InChI is InChI=1S/C17H26N2OS/c1-16(2,3)13-8-6-9-14(12-13)18-15(20)17(4,5)21-19-10-7-11-19/h6,8-9,12H,7,10-11H2,1-5H3,(H,18,20). The highest BCUT2D eigenvalue weighted by Crippen LogP contribution is 2.33. The second-order valence-corrected chi connectivity index (χ2v) is 8.89. The fourth-order valence-electron chi connectivity index (χ4n) is 2.09. The lowest BCUT2D eigenvalue weighted by molar-refractivity contribution is -0.117. The van der Waals surface area contributed by atoms with Gasteiger partial charge in [-0.25, -0.2) is 4.31 Å². The summed E-state index contributed by atoms with van der Waals surface area (Å²) in [6.07, 6.45) is 1.23. The molecular formula is C17H26N2OS. The van der Waals surface area contributed by atoms with E-state index in [1.54, 1.807) is 11.9 Å². The van der Waals surface area contributed by atoms with Crippen molar-refractivity contribution in [3.63, 3.8) is 0 Å². The first-order valence-electron chi connectivity index (χ1n) is 7.54. The highest BCUT2D eigenvalue weighted by molar-refractivity contribution is 7.99. The normalized spacial score (nSPS) is 16.4. The first-order valence-corrected chi connectivity index (χ1v) is 8.32. The molecule has 0 spiro atoms. The molecule has 2 rings (SSSR count). The van der Waals surface area contributed by atoms with Gasteiger partial charge in [-0.3, -0.25) is 4.79 Å². The monoisotopic (exact) mass is 306 g/mol. The minimum Gasteiger partial charge on any atom is -0.325 e. The number of hydrogen-bond donors (Lipinski definition) is 1. The lowest BCUT2D eigenvalue weighted by Gasteiger charge is -2.35. The van der Waals surface area contributed by atoms with Crippen molar-refractivity contribution >= 4 is 23.5 Å². The van der Waals surface area contributed by atoms with Crippen molar-refractivity contribution in [2.75, 3.05) is 18.4 Å². The summed E-state index contributed by atoms with van der Waals surface area (Å²) in [7, 11) is 0. The van der Waals surface area contributed by atoms with Gasteiger partial charge in [0.25, 0.3) is 0 Å². The molecule has 1 N–H and O–H groups in total. The SMILES string of the molecule is CC(C)(SN1CCC1)C(=O)Nc1cccc(C(C)(C)C)c1. The van der Waals surface area contributed by atoms with Crippen LogP contribution in [-0.4, -0.2) is 28.0 Å². The molecule has 0 saturated carbocycles. The lowest BCUT2D eigenvalue weighted by atomic mass is 9.87. The zero-order chi connectivity index (χ0) is 15.7. The van der Waals surface area contributed by atoms with Gasteiger partial charge in [-0.15, -0.1) is 0 Å². The Bertz CT molecular complexity index is 516. The van der Waals surface area contributed by atoms with Gasteiger partial charge in [0.05, 0.1) is 0 Å². The summed E-state index contributed by atoms with van der Waals surface area (Å²) in [5.41, 5.74) is 2.20. The minimum absolute atomic E-state index is 0.0606. The molecular weight excluding hydrogens is 280 g/mol. The Balaban J connectivity index is 2.04. The molecule has 0 aromatic heterocycles. The number of rotatable bonds is 4. The second kappa shape index (κ2) is 6.01. The molecule has 0 aliphatic carbocycles. The van der Waals surface area contributed by atoms with Gasteiger partial charge in [0, 0.05) is 18.8 Å². The first-order chi connectivity index (χ1) is 9.68. The van der Waals surface area contributed by atoms with Crippen molar-refractivity contribution in [3.05, 3.63) is 29.8 Å². The third kappa shape index (κ3) is 4.24. The van der Waals surface area contributed by atoms with Crippen molar-refractivity contribution in [1.82, 2.24) is 4.31 Å². The van der Waals surface area contributed by atoms with Gasteiger partial charge in [0.1, 0.15) is 4.75 Å². The fraction of sp³-hybridized carbons (Fsp3) is 0.588. The quantitative estimate of drug-likeness (QED) is 0.852. The topological polar surface area (TPSA) is 32.3 Å². The second-order valence-electron chi connectivity index (χ2n) is 7.17. The number of nitrogens with one attached hydrogen (secondary N) is 1. The lowest BCUT2D eigenvalue weighted by Crippen LogP contribution is -2.41. The number of carbonyl (C=O) groups is 1. The van der Waals surface area contributed by atoms with Crippen LogP contribution in [0.2, 0.25) is 0 Å². The molecule has 0 radical (unpaired) electrons. The summed E-state index contributed by atoms with van der Waals surface area (Å²) < 4.78 is 1.81. The van der Waals surface area contributed by atoms with Crippen LogP contribution in [-0.2, 0) is 10.2 Å². The van der Waals surface area contributed by atoms with E-state index in [1.807, 2.05) is 26.0 Å². The Hall–Kier alpha value is -1.00. The molecule has 4 heteroatoms. The number of hydrogen-bond acceptors (Lipinski definition) is 3. The van der Waals surface area contributed by atoms with Crippen LogP contribution in [0.15, 0.2) is 24.3 Å². The van der Waals surface area contributed by atoms with Crippen LogP contribution in [0.5, 0.6) is 0 Å². The molecule has 0 bridgehead atoms. The number of nitrogens with zero attached hydrogens (tertiary/aromatic N) is 1. The molecule has 1 aromatic rings. The predicted octanol–water partition coefficient (Wildman–Crippen LogP) is 4.06. The zero-order valence-electron chi connectivity index (χ0n) is 13.7. The molecule has 21 heavy (non-hydrogen) atoms. The highest BCUT2D eigenvalue weighted by Gasteiger charge is 2.33. The molecule has 0 atom stereocenters. The molecule has 1 fully saturated rings. The van der Waals surface area contributed by atoms with Crippen molar-refractivity contribution in [3.8, 4) is 0 Å². The first kappa shape index (κ1) is 16.4. The van der Waals surface area contributed by atoms with Crippen LogP contribution in [0.25, 0.3) is 0 Å². The van der Waals surface area contributed by atoms with E-state index in [0.717, 1.165) is 18.8 Å². The van der Waals surface area contributed by atoms with E-state index in [4.69, 9.17) is 0 Å². The van der Waals surface area contributed by atoms with Crippen LogP contribution in [0, 0.1) is 0 Å². The van der Waals surface area contributed by atoms with Crippen LogP contribution in [0.4, 0.5) is 5.69 Å². The van der Waals surface area contributed by atoms with E-state index < -0.39 is 4.75 Å². The zero-order valence-corrected chi connectivity index (χ0v) is 14.5. The number of benzene rings is 1. The molecule has 1 amide bonds.